The first-order valence-electron chi connectivity index (χ1n) is 5.73. The lowest BCUT2D eigenvalue weighted by molar-refractivity contribution is -0.131. The van der Waals surface area contributed by atoms with Gasteiger partial charge >= 0.3 is 0 Å². The summed E-state index contributed by atoms with van der Waals surface area (Å²) in [6.07, 6.45) is 1.63. The summed E-state index contributed by atoms with van der Waals surface area (Å²) < 4.78 is 23.9. The van der Waals surface area contributed by atoms with Crippen LogP contribution in [0.5, 0.6) is 0 Å². The van der Waals surface area contributed by atoms with Crippen LogP contribution in [0, 0.1) is 5.92 Å². The van der Waals surface area contributed by atoms with Crippen LogP contribution in [0.15, 0.2) is 0 Å². The molecule has 17 heavy (non-hydrogen) atoms. The normalized spacial score (nSPS) is 22.6. The number of carbonyl (C=O) groups is 1. The van der Waals surface area contributed by atoms with E-state index >= 15 is 0 Å². The highest BCUT2D eigenvalue weighted by Crippen LogP contribution is 2.26. The van der Waals surface area contributed by atoms with Gasteiger partial charge in [-0.15, -0.1) is 0 Å². The quantitative estimate of drug-likeness (QED) is 0.745. The standard InChI is InChI=1S/C11H22N2O3S/c1-11(2,3)13-8-9(6-10(13)14)7-12(4)17(5,15)16/h9H,6-8H2,1-5H3. The molecule has 0 aromatic heterocycles. The zero-order valence-corrected chi connectivity index (χ0v) is 12.0. The molecule has 0 N–H and O–H groups in total. The third kappa shape index (κ3) is 3.67. The van der Waals surface area contributed by atoms with Crippen LogP contribution in [0.1, 0.15) is 27.2 Å². The maximum Gasteiger partial charge on any atom is 0.223 e. The van der Waals surface area contributed by atoms with E-state index in [-0.39, 0.29) is 17.4 Å². The van der Waals surface area contributed by atoms with Crippen LogP contribution >= 0.6 is 0 Å². The molecule has 0 aromatic rings. The van der Waals surface area contributed by atoms with Gasteiger partial charge in [0.25, 0.3) is 0 Å². The number of likely N-dealkylation sites (tertiary alicyclic amines) is 1. The van der Waals surface area contributed by atoms with Gasteiger partial charge in [0.15, 0.2) is 0 Å². The van der Waals surface area contributed by atoms with Crippen molar-refractivity contribution in [3.05, 3.63) is 0 Å². The number of amides is 1. The van der Waals surface area contributed by atoms with Crippen LogP contribution in [0.3, 0.4) is 0 Å². The van der Waals surface area contributed by atoms with E-state index in [0.29, 0.717) is 19.5 Å². The number of carbonyl (C=O) groups excluding carboxylic acids is 1. The van der Waals surface area contributed by atoms with Crippen LogP contribution < -0.4 is 0 Å². The molecule has 1 heterocycles. The molecule has 1 fully saturated rings. The lowest BCUT2D eigenvalue weighted by Crippen LogP contribution is -2.42. The molecule has 0 radical (unpaired) electrons. The van der Waals surface area contributed by atoms with Gasteiger partial charge in [0.1, 0.15) is 0 Å². The van der Waals surface area contributed by atoms with Crippen molar-refractivity contribution in [3.8, 4) is 0 Å². The highest BCUT2D eigenvalue weighted by molar-refractivity contribution is 7.88. The summed E-state index contributed by atoms with van der Waals surface area (Å²) in [6, 6.07) is 0. The summed E-state index contributed by atoms with van der Waals surface area (Å²) in [4.78, 5) is 13.6. The minimum Gasteiger partial charge on any atom is -0.338 e. The summed E-state index contributed by atoms with van der Waals surface area (Å²) in [5, 5.41) is 0. The first kappa shape index (κ1) is 14.4. The third-order valence-electron chi connectivity index (χ3n) is 3.10. The van der Waals surface area contributed by atoms with Crippen LogP contribution in [0.2, 0.25) is 0 Å². The molecule has 1 unspecified atom stereocenters. The zero-order valence-electron chi connectivity index (χ0n) is 11.2. The largest absolute Gasteiger partial charge is 0.338 e. The molecule has 6 heteroatoms. The maximum atomic E-state index is 11.8. The second-order valence-electron chi connectivity index (χ2n) is 5.79. The first-order chi connectivity index (χ1) is 7.51. The summed E-state index contributed by atoms with van der Waals surface area (Å²) >= 11 is 0. The van der Waals surface area contributed by atoms with Gasteiger partial charge < -0.3 is 4.90 Å². The van der Waals surface area contributed by atoms with Gasteiger partial charge in [-0.05, 0) is 26.7 Å². The number of hydrogen-bond donors (Lipinski definition) is 0. The number of rotatable bonds is 3. The molecule has 1 atom stereocenters. The van der Waals surface area contributed by atoms with Crippen LogP contribution in [-0.4, -0.2) is 55.5 Å². The molecule has 0 bridgehead atoms. The topological polar surface area (TPSA) is 57.7 Å². The van der Waals surface area contributed by atoms with E-state index < -0.39 is 10.0 Å². The minimum absolute atomic E-state index is 0.0986. The van der Waals surface area contributed by atoms with E-state index in [1.165, 1.54) is 10.6 Å². The number of hydrogen-bond acceptors (Lipinski definition) is 3. The summed E-state index contributed by atoms with van der Waals surface area (Å²) in [5.41, 5.74) is -0.185. The maximum absolute atomic E-state index is 11.8. The fourth-order valence-electron chi connectivity index (χ4n) is 2.05. The molecule has 100 valence electrons. The van der Waals surface area contributed by atoms with Crippen molar-refractivity contribution in [3.63, 3.8) is 0 Å². The Bertz CT molecular complexity index is 397. The Hall–Kier alpha value is -0.620. The summed E-state index contributed by atoms with van der Waals surface area (Å²) in [7, 11) is -1.60. The Morgan fingerprint density at radius 3 is 2.29 bits per heavy atom. The average Bonchev–Trinajstić information content (AvgIpc) is 2.44. The summed E-state index contributed by atoms with van der Waals surface area (Å²) in [5.74, 6) is 0.214. The molecule has 1 aliphatic heterocycles. The SMILES string of the molecule is CN(CC1CC(=O)N(C(C)(C)C)C1)S(C)(=O)=O. The molecule has 0 aromatic carbocycles. The van der Waals surface area contributed by atoms with Crippen molar-refractivity contribution >= 4 is 15.9 Å². The lowest BCUT2D eigenvalue weighted by atomic mass is 10.1. The third-order valence-corrected chi connectivity index (χ3v) is 4.38. The van der Waals surface area contributed by atoms with Crippen molar-refractivity contribution in [1.29, 1.82) is 0 Å². The molecular weight excluding hydrogens is 240 g/mol. The summed E-state index contributed by atoms with van der Waals surface area (Å²) in [6.45, 7) is 7.04. The van der Waals surface area contributed by atoms with Gasteiger partial charge in [0.05, 0.1) is 6.26 Å². The van der Waals surface area contributed by atoms with Crippen LogP contribution in [0.25, 0.3) is 0 Å². The molecule has 1 saturated heterocycles. The predicted molar refractivity (Wildman–Crippen MR) is 67.0 cm³/mol. The Labute approximate surface area is 104 Å². The van der Waals surface area contributed by atoms with E-state index in [2.05, 4.69) is 0 Å². The zero-order chi connectivity index (χ0) is 13.4. The van der Waals surface area contributed by atoms with E-state index in [4.69, 9.17) is 0 Å². The minimum atomic E-state index is -3.16. The Balaban J connectivity index is 2.65. The van der Waals surface area contributed by atoms with Crippen molar-refractivity contribution in [2.45, 2.75) is 32.7 Å². The Morgan fingerprint density at radius 2 is 1.94 bits per heavy atom. The van der Waals surface area contributed by atoms with Crippen molar-refractivity contribution in [1.82, 2.24) is 9.21 Å². The van der Waals surface area contributed by atoms with Gasteiger partial charge in [-0.3, -0.25) is 4.79 Å². The molecule has 1 rings (SSSR count). The van der Waals surface area contributed by atoms with Crippen molar-refractivity contribution < 1.29 is 13.2 Å². The molecule has 0 saturated carbocycles. The van der Waals surface area contributed by atoms with E-state index in [1.54, 1.807) is 7.05 Å². The Morgan fingerprint density at radius 1 is 1.41 bits per heavy atom. The monoisotopic (exact) mass is 262 g/mol. The van der Waals surface area contributed by atoms with Crippen LogP contribution in [-0.2, 0) is 14.8 Å². The lowest BCUT2D eigenvalue weighted by Gasteiger charge is -2.32. The van der Waals surface area contributed by atoms with E-state index in [0.717, 1.165) is 0 Å². The number of nitrogens with zero attached hydrogens (tertiary/aromatic N) is 2. The number of sulfonamides is 1. The fourth-order valence-corrected chi connectivity index (χ4v) is 2.53. The van der Waals surface area contributed by atoms with E-state index in [9.17, 15) is 13.2 Å². The molecule has 1 amide bonds. The molecule has 1 aliphatic rings. The second kappa shape index (κ2) is 4.57. The van der Waals surface area contributed by atoms with Crippen LogP contribution in [0.4, 0.5) is 0 Å². The second-order valence-corrected chi connectivity index (χ2v) is 7.88. The molecule has 0 aliphatic carbocycles. The van der Waals surface area contributed by atoms with Gasteiger partial charge in [0.2, 0.25) is 15.9 Å². The highest BCUT2D eigenvalue weighted by atomic mass is 32.2. The predicted octanol–water partition coefficient (Wildman–Crippen LogP) is 0.525. The fraction of sp³-hybridized carbons (Fsp3) is 0.909. The molecular formula is C11H22N2O3S. The smallest absolute Gasteiger partial charge is 0.223 e. The van der Waals surface area contributed by atoms with Gasteiger partial charge in [0, 0.05) is 32.1 Å². The first-order valence-corrected chi connectivity index (χ1v) is 7.58. The highest BCUT2D eigenvalue weighted by Gasteiger charge is 2.37. The van der Waals surface area contributed by atoms with Gasteiger partial charge in [-0.25, -0.2) is 12.7 Å². The Kier molecular flexibility index (Phi) is 3.88. The van der Waals surface area contributed by atoms with Crippen molar-refractivity contribution in [2.24, 2.45) is 5.92 Å². The average molecular weight is 262 g/mol. The van der Waals surface area contributed by atoms with E-state index in [1.807, 2.05) is 25.7 Å². The van der Waals surface area contributed by atoms with Gasteiger partial charge in [-0.2, -0.15) is 0 Å². The molecule has 0 spiro atoms. The van der Waals surface area contributed by atoms with Gasteiger partial charge in [-0.1, -0.05) is 0 Å². The molecule has 5 nitrogen and oxygen atoms in total. The van der Waals surface area contributed by atoms with Crippen molar-refractivity contribution in [2.75, 3.05) is 26.4 Å².